The van der Waals surface area contributed by atoms with Gasteiger partial charge in [-0.15, -0.1) is 11.3 Å². The van der Waals surface area contributed by atoms with E-state index < -0.39 is 0 Å². The van der Waals surface area contributed by atoms with E-state index in [2.05, 4.69) is 25.6 Å². The second-order valence-electron chi connectivity index (χ2n) is 7.55. The van der Waals surface area contributed by atoms with Crippen LogP contribution < -0.4 is 10.6 Å². The molecule has 0 bridgehead atoms. The Kier molecular flexibility index (Phi) is 5.55. The molecule has 0 aliphatic heterocycles. The van der Waals surface area contributed by atoms with Crippen molar-refractivity contribution >= 4 is 49.8 Å². The number of halogens is 1. The Morgan fingerprint density at radius 2 is 1.97 bits per heavy atom. The summed E-state index contributed by atoms with van der Waals surface area (Å²) in [5, 5.41) is 8.03. The van der Waals surface area contributed by atoms with Gasteiger partial charge in [0, 0.05) is 41.7 Å². The lowest BCUT2D eigenvalue weighted by Gasteiger charge is -2.07. The average Bonchev–Trinajstić information content (AvgIpc) is 3.52. The standard InChI is InChI=1S/C23H18ClN5O2S/c24-18-10-25-11-19-17(18)9-21(32-19)29-23(31)16-8-15(16)13-3-1-4-14(7-13)22(30)28-12-20-26-5-2-6-27-20/h1-7,9-11,15-16H,8,12H2,(H,28,30)(H,29,31)/t15-,16+/m0/s1. The maximum atomic E-state index is 12.8. The first-order chi connectivity index (χ1) is 15.6. The Bertz CT molecular complexity index is 1310. The summed E-state index contributed by atoms with van der Waals surface area (Å²) in [5.74, 6) is 0.303. The molecular formula is C23H18ClN5O2S. The lowest BCUT2D eigenvalue weighted by atomic mass is 10.0. The van der Waals surface area contributed by atoms with E-state index in [1.807, 2.05) is 24.3 Å². The van der Waals surface area contributed by atoms with Gasteiger partial charge in [0.25, 0.3) is 5.91 Å². The number of carbonyl (C=O) groups is 2. The Labute approximate surface area is 192 Å². The lowest BCUT2D eigenvalue weighted by molar-refractivity contribution is -0.117. The average molecular weight is 464 g/mol. The van der Waals surface area contributed by atoms with E-state index in [9.17, 15) is 9.59 Å². The monoisotopic (exact) mass is 463 g/mol. The van der Waals surface area contributed by atoms with Crippen LogP contribution in [0.5, 0.6) is 0 Å². The fraction of sp³-hybridized carbons (Fsp3) is 0.174. The van der Waals surface area contributed by atoms with Gasteiger partial charge < -0.3 is 10.6 Å². The third-order valence-corrected chi connectivity index (χ3v) is 6.66. The molecule has 1 fully saturated rings. The van der Waals surface area contributed by atoms with Crippen LogP contribution in [-0.2, 0) is 11.3 Å². The van der Waals surface area contributed by atoms with Gasteiger partial charge in [-0.1, -0.05) is 23.7 Å². The number of fused-ring (bicyclic) bond motifs is 1. The highest BCUT2D eigenvalue weighted by Crippen LogP contribution is 2.48. The van der Waals surface area contributed by atoms with E-state index in [1.54, 1.807) is 36.9 Å². The van der Waals surface area contributed by atoms with Crippen LogP contribution in [0.15, 0.2) is 61.2 Å². The van der Waals surface area contributed by atoms with Gasteiger partial charge in [-0.05, 0) is 42.2 Å². The summed E-state index contributed by atoms with van der Waals surface area (Å²) in [5.41, 5.74) is 1.54. The van der Waals surface area contributed by atoms with Gasteiger partial charge in [-0.3, -0.25) is 14.6 Å². The maximum absolute atomic E-state index is 12.8. The van der Waals surface area contributed by atoms with Crippen LogP contribution in [0.1, 0.15) is 34.1 Å². The van der Waals surface area contributed by atoms with E-state index in [0.29, 0.717) is 16.4 Å². The minimum absolute atomic E-state index is 0.0262. The molecule has 32 heavy (non-hydrogen) atoms. The van der Waals surface area contributed by atoms with Crippen LogP contribution >= 0.6 is 22.9 Å². The van der Waals surface area contributed by atoms with Crippen LogP contribution in [0.4, 0.5) is 5.00 Å². The normalized spacial score (nSPS) is 17.2. The van der Waals surface area contributed by atoms with E-state index >= 15 is 0 Å². The Morgan fingerprint density at radius 1 is 1.12 bits per heavy atom. The summed E-state index contributed by atoms with van der Waals surface area (Å²) < 4.78 is 0.930. The number of nitrogens with zero attached hydrogens (tertiary/aromatic N) is 3. The van der Waals surface area contributed by atoms with Crippen molar-refractivity contribution in [1.29, 1.82) is 0 Å². The molecule has 0 radical (unpaired) electrons. The Balaban J connectivity index is 1.22. The number of amides is 2. The largest absolute Gasteiger partial charge is 0.345 e. The molecule has 3 aromatic heterocycles. The minimum Gasteiger partial charge on any atom is -0.345 e. The first-order valence-electron chi connectivity index (χ1n) is 10.1. The second kappa shape index (κ2) is 8.64. The van der Waals surface area contributed by atoms with E-state index in [-0.39, 0.29) is 30.2 Å². The molecule has 0 saturated heterocycles. The van der Waals surface area contributed by atoms with Crippen molar-refractivity contribution < 1.29 is 9.59 Å². The molecule has 7 nitrogen and oxygen atoms in total. The number of rotatable bonds is 6. The first kappa shape index (κ1) is 20.5. The number of pyridine rings is 1. The topological polar surface area (TPSA) is 96.9 Å². The quantitative estimate of drug-likeness (QED) is 0.441. The molecule has 1 aliphatic carbocycles. The Hall–Kier alpha value is -3.36. The van der Waals surface area contributed by atoms with E-state index in [1.165, 1.54) is 11.3 Å². The number of thiophene rings is 1. The van der Waals surface area contributed by atoms with Gasteiger partial charge >= 0.3 is 0 Å². The van der Waals surface area contributed by atoms with Crippen LogP contribution in [0.25, 0.3) is 10.1 Å². The van der Waals surface area contributed by atoms with Crippen molar-refractivity contribution in [2.75, 3.05) is 5.32 Å². The molecule has 0 spiro atoms. The van der Waals surface area contributed by atoms with E-state index in [4.69, 9.17) is 11.6 Å². The number of hydrogen-bond donors (Lipinski definition) is 2. The molecule has 3 heterocycles. The predicted octanol–water partition coefficient (Wildman–Crippen LogP) is 4.41. The molecule has 2 N–H and O–H groups in total. The summed E-state index contributed by atoms with van der Waals surface area (Å²) in [7, 11) is 0. The number of nitrogens with one attached hydrogen (secondary N) is 2. The number of anilines is 1. The molecule has 1 aromatic carbocycles. The lowest BCUT2D eigenvalue weighted by Crippen LogP contribution is -2.24. The highest BCUT2D eigenvalue weighted by Gasteiger charge is 2.44. The highest BCUT2D eigenvalue weighted by molar-refractivity contribution is 7.23. The fourth-order valence-electron chi connectivity index (χ4n) is 3.65. The second-order valence-corrected chi connectivity index (χ2v) is 9.05. The van der Waals surface area contributed by atoms with Crippen molar-refractivity contribution in [3.05, 3.63) is 83.2 Å². The van der Waals surface area contributed by atoms with Crippen molar-refractivity contribution in [3.8, 4) is 0 Å². The van der Waals surface area contributed by atoms with E-state index in [0.717, 1.165) is 27.1 Å². The summed E-state index contributed by atoms with van der Waals surface area (Å²) in [6.45, 7) is 0.257. The zero-order valence-corrected chi connectivity index (χ0v) is 18.4. The van der Waals surface area contributed by atoms with Crippen LogP contribution in [0.3, 0.4) is 0 Å². The number of carbonyl (C=O) groups excluding carboxylic acids is 2. The van der Waals surface area contributed by atoms with Crippen molar-refractivity contribution in [2.24, 2.45) is 5.92 Å². The third kappa shape index (κ3) is 4.32. The molecule has 160 valence electrons. The van der Waals surface area contributed by atoms with Crippen LogP contribution in [0, 0.1) is 5.92 Å². The summed E-state index contributed by atoms with van der Waals surface area (Å²) in [6.07, 6.45) is 7.36. The van der Waals surface area contributed by atoms with Gasteiger partial charge in [0.2, 0.25) is 5.91 Å². The minimum atomic E-state index is -0.197. The number of hydrogen-bond acceptors (Lipinski definition) is 6. The Morgan fingerprint density at radius 3 is 2.78 bits per heavy atom. The summed E-state index contributed by atoms with van der Waals surface area (Å²) in [6, 6.07) is 11.0. The molecular weight excluding hydrogens is 446 g/mol. The first-order valence-corrected chi connectivity index (χ1v) is 11.3. The predicted molar refractivity (Wildman–Crippen MR) is 124 cm³/mol. The van der Waals surface area contributed by atoms with Gasteiger partial charge in [-0.25, -0.2) is 9.97 Å². The smallest absolute Gasteiger partial charge is 0.251 e. The van der Waals surface area contributed by atoms with Crippen LogP contribution in [-0.4, -0.2) is 26.8 Å². The molecule has 1 saturated carbocycles. The molecule has 2 amide bonds. The van der Waals surface area contributed by atoms with Gasteiger partial charge in [0.15, 0.2) is 0 Å². The maximum Gasteiger partial charge on any atom is 0.251 e. The molecule has 5 rings (SSSR count). The zero-order valence-electron chi connectivity index (χ0n) is 16.8. The summed E-state index contributed by atoms with van der Waals surface area (Å²) >= 11 is 7.62. The number of benzene rings is 1. The van der Waals surface area contributed by atoms with Crippen LogP contribution in [0.2, 0.25) is 5.02 Å². The molecule has 9 heteroatoms. The van der Waals surface area contributed by atoms with Crippen molar-refractivity contribution in [2.45, 2.75) is 18.9 Å². The van der Waals surface area contributed by atoms with Gasteiger partial charge in [-0.2, -0.15) is 0 Å². The molecule has 4 aromatic rings. The number of aromatic nitrogens is 3. The summed E-state index contributed by atoms with van der Waals surface area (Å²) in [4.78, 5) is 37.6. The highest BCUT2D eigenvalue weighted by atomic mass is 35.5. The third-order valence-electron chi connectivity index (χ3n) is 5.37. The zero-order chi connectivity index (χ0) is 22.1. The fourth-order valence-corrected chi connectivity index (χ4v) is 4.88. The molecule has 2 atom stereocenters. The van der Waals surface area contributed by atoms with Gasteiger partial charge in [0.05, 0.1) is 21.3 Å². The van der Waals surface area contributed by atoms with Gasteiger partial charge in [0.1, 0.15) is 5.82 Å². The SMILES string of the molecule is O=C(NCc1ncccn1)c1cccc([C@@H]2C[C@H]2C(=O)Nc2cc3c(Cl)cncc3s2)c1. The van der Waals surface area contributed by atoms with Crippen molar-refractivity contribution in [3.63, 3.8) is 0 Å². The van der Waals surface area contributed by atoms with Crippen molar-refractivity contribution in [1.82, 2.24) is 20.3 Å². The molecule has 1 aliphatic rings. The molecule has 0 unspecified atom stereocenters.